The van der Waals surface area contributed by atoms with Gasteiger partial charge in [-0.3, -0.25) is 14.4 Å². The standard InChI is InChI=1S/C40H53N5O3/c41-16-7-6-15-36(42)39(48)44-34(20-28-9-2-1-3-10-28)26-45(38(47)24-40-21-29-17-30(22-40)19-31(18-29)23-40)27-37(46)43-25-33-13-8-12-32-11-4-5-14-35(32)33/h1-5,8-14,29-31,34,36H,6-7,15-27,41-42H2,(H,43,46)(H,44,48)/t29-,30+,31?,34-,36-,40-/m0/s1. The molecule has 4 saturated carbocycles. The van der Waals surface area contributed by atoms with Crippen LogP contribution in [0.5, 0.6) is 0 Å². The van der Waals surface area contributed by atoms with Gasteiger partial charge in [-0.05, 0) is 109 Å². The van der Waals surface area contributed by atoms with Crippen LogP contribution in [0.3, 0.4) is 0 Å². The Morgan fingerprint density at radius 1 is 0.854 bits per heavy atom. The molecule has 4 aliphatic carbocycles. The lowest BCUT2D eigenvalue weighted by Gasteiger charge is -2.57. The van der Waals surface area contributed by atoms with Crippen molar-refractivity contribution in [1.29, 1.82) is 0 Å². The SMILES string of the molecule is NCCCC[C@H](N)C(=O)N[C@@H](Cc1ccccc1)CN(CC(=O)NCc1cccc2ccccc12)C(=O)C[C@]12CC3C[C@H](C[C@H](C3)C1)C2. The van der Waals surface area contributed by atoms with E-state index >= 15 is 0 Å². The molecule has 3 aromatic carbocycles. The zero-order valence-corrected chi connectivity index (χ0v) is 28.2. The van der Waals surface area contributed by atoms with Crippen molar-refractivity contribution in [2.24, 2.45) is 34.6 Å². The van der Waals surface area contributed by atoms with Crippen LogP contribution in [-0.2, 0) is 27.3 Å². The highest BCUT2D eigenvalue weighted by molar-refractivity contribution is 5.88. The minimum absolute atomic E-state index is 0.0109. The summed E-state index contributed by atoms with van der Waals surface area (Å²) in [5.74, 6) is 1.76. The van der Waals surface area contributed by atoms with Gasteiger partial charge in [0.1, 0.15) is 0 Å². The summed E-state index contributed by atoms with van der Waals surface area (Å²) in [6.45, 7) is 1.12. The Bertz CT molecular complexity index is 1520. The fourth-order valence-electron chi connectivity index (χ4n) is 9.34. The third kappa shape index (κ3) is 8.63. The lowest BCUT2D eigenvalue weighted by atomic mass is 9.49. The molecule has 48 heavy (non-hydrogen) atoms. The Hall–Kier alpha value is -3.75. The van der Waals surface area contributed by atoms with Gasteiger partial charge in [-0.2, -0.15) is 0 Å². The van der Waals surface area contributed by atoms with E-state index in [4.69, 9.17) is 11.5 Å². The van der Waals surface area contributed by atoms with Crippen LogP contribution >= 0.6 is 0 Å². The number of rotatable bonds is 16. The summed E-state index contributed by atoms with van der Waals surface area (Å²) in [5.41, 5.74) is 14.1. The summed E-state index contributed by atoms with van der Waals surface area (Å²) in [7, 11) is 0. The second-order valence-electron chi connectivity index (χ2n) is 15.1. The predicted molar refractivity (Wildman–Crippen MR) is 191 cm³/mol. The fourth-order valence-corrected chi connectivity index (χ4v) is 9.34. The van der Waals surface area contributed by atoms with Gasteiger partial charge in [0.25, 0.3) is 0 Å². The van der Waals surface area contributed by atoms with Crippen molar-refractivity contribution in [3.8, 4) is 0 Å². The molecule has 0 aliphatic heterocycles. The van der Waals surface area contributed by atoms with Gasteiger partial charge in [0.15, 0.2) is 0 Å². The van der Waals surface area contributed by atoms with E-state index in [0.717, 1.165) is 71.8 Å². The smallest absolute Gasteiger partial charge is 0.239 e. The van der Waals surface area contributed by atoms with E-state index in [2.05, 4.69) is 28.8 Å². The molecule has 8 heteroatoms. The van der Waals surface area contributed by atoms with Crippen LogP contribution in [0.2, 0.25) is 0 Å². The molecule has 0 radical (unpaired) electrons. The van der Waals surface area contributed by atoms with Crippen molar-refractivity contribution >= 4 is 28.5 Å². The predicted octanol–water partition coefficient (Wildman–Crippen LogP) is 5.07. The first-order chi connectivity index (χ1) is 23.3. The van der Waals surface area contributed by atoms with Gasteiger partial charge in [-0.25, -0.2) is 0 Å². The highest BCUT2D eigenvalue weighted by atomic mass is 16.2. The number of hydrogen-bond donors (Lipinski definition) is 4. The number of carbonyl (C=O) groups is 3. The number of nitrogens with two attached hydrogens (primary N) is 2. The van der Waals surface area contributed by atoms with Gasteiger partial charge >= 0.3 is 0 Å². The van der Waals surface area contributed by atoms with Crippen molar-refractivity contribution in [3.63, 3.8) is 0 Å². The van der Waals surface area contributed by atoms with Crippen molar-refractivity contribution < 1.29 is 14.4 Å². The van der Waals surface area contributed by atoms with Gasteiger partial charge in [0, 0.05) is 19.5 Å². The Morgan fingerprint density at radius 3 is 2.23 bits per heavy atom. The Morgan fingerprint density at radius 2 is 1.52 bits per heavy atom. The number of unbranched alkanes of at least 4 members (excludes halogenated alkanes) is 1. The largest absolute Gasteiger partial charge is 0.350 e. The highest BCUT2D eigenvalue weighted by Crippen LogP contribution is 2.61. The molecular formula is C40H53N5O3. The van der Waals surface area contributed by atoms with Crippen molar-refractivity contribution in [3.05, 3.63) is 83.9 Å². The number of carbonyl (C=O) groups excluding carboxylic acids is 3. The molecule has 4 aliphatic rings. The molecule has 0 aromatic heterocycles. The maximum atomic E-state index is 14.4. The molecule has 0 heterocycles. The summed E-state index contributed by atoms with van der Waals surface area (Å²) in [6, 6.07) is 23.2. The molecule has 0 unspecified atom stereocenters. The van der Waals surface area contributed by atoms with E-state index in [0.29, 0.717) is 32.4 Å². The molecular weight excluding hydrogens is 598 g/mol. The van der Waals surface area contributed by atoms with Crippen LogP contribution in [0.1, 0.15) is 75.3 Å². The summed E-state index contributed by atoms with van der Waals surface area (Å²) in [5, 5.41) is 8.49. The maximum Gasteiger partial charge on any atom is 0.239 e. The van der Waals surface area contributed by atoms with E-state index in [1.54, 1.807) is 4.90 Å². The average Bonchev–Trinajstić information content (AvgIpc) is 3.06. The number of fused-ring (bicyclic) bond motifs is 1. The number of benzene rings is 3. The molecule has 4 bridgehead atoms. The van der Waals surface area contributed by atoms with Crippen LogP contribution in [0.4, 0.5) is 0 Å². The molecule has 6 N–H and O–H groups in total. The van der Waals surface area contributed by atoms with Crippen LogP contribution in [0.25, 0.3) is 10.8 Å². The number of amides is 3. The minimum atomic E-state index is -0.657. The summed E-state index contributed by atoms with van der Waals surface area (Å²) in [4.78, 5) is 43.1. The second-order valence-corrected chi connectivity index (χ2v) is 15.1. The number of hydrogen-bond acceptors (Lipinski definition) is 5. The first kappa shape index (κ1) is 34.1. The van der Waals surface area contributed by atoms with Crippen LogP contribution in [-0.4, -0.2) is 54.3 Å². The Balaban J connectivity index is 1.19. The van der Waals surface area contributed by atoms with E-state index in [1.165, 1.54) is 19.3 Å². The Kier molecular flexibility index (Phi) is 11.1. The maximum absolute atomic E-state index is 14.4. The third-order valence-corrected chi connectivity index (χ3v) is 11.2. The average molecular weight is 652 g/mol. The molecule has 7 rings (SSSR count). The fraction of sp³-hybridized carbons (Fsp3) is 0.525. The summed E-state index contributed by atoms with van der Waals surface area (Å²) >= 11 is 0. The lowest BCUT2D eigenvalue weighted by molar-refractivity contribution is -0.143. The van der Waals surface area contributed by atoms with Crippen molar-refractivity contribution in [1.82, 2.24) is 15.5 Å². The normalized spacial score (nSPS) is 23.8. The molecule has 3 aromatic rings. The zero-order chi connectivity index (χ0) is 33.5. The quantitative estimate of drug-likeness (QED) is 0.161. The molecule has 256 valence electrons. The van der Waals surface area contributed by atoms with Crippen LogP contribution in [0, 0.1) is 23.2 Å². The summed E-state index contributed by atoms with van der Waals surface area (Å²) in [6.07, 6.45) is 10.4. The molecule has 8 nitrogen and oxygen atoms in total. The molecule has 2 atom stereocenters. The topological polar surface area (TPSA) is 131 Å². The van der Waals surface area contributed by atoms with Crippen molar-refractivity contribution in [2.75, 3.05) is 19.6 Å². The second kappa shape index (κ2) is 15.6. The molecule has 4 fully saturated rings. The number of nitrogens with one attached hydrogen (secondary N) is 2. The third-order valence-electron chi connectivity index (χ3n) is 11.2. The number of nitrogens with zero attached hydrogens (tertiary/aromatic N) is 1. The molecule has 0 spiro atoms. The van der Waals surface area contributed by atoms with Gasteiger partial charge in [-0.15, -0.1) is 0 Å². The summed E-state index contributed by atoms with van der Waals surface area (Å²) < 4.78 is 0. The first-order valence-corrected chi connectivity index (χ1v) is 18.1. The zero-order valence-electron chi connectivity index (χ0n) is 28.2. The monoisotopic (exact) mass is 651 g/mol. The molecule has 0 saturated heterocycles. The minimum Gasteiger partial charge on any atom is -0.350 e. The van der Waals surface area contributed by atoms with E-state index in [-0.39, 0.29) is 36.2 Å². The van der Waals surface area contributed by atoms with Crippen molar-refractivity contribution in [2.45, 2.75) is 89.3 Å². The van der Waals surface area contributed by atoms with Gasteiger partial charge in [-0.1, -0.05) is 79.2 Å². The van der Waals surface area contributed by atoms with Gasteiger partial charge in [0.2, 0.25) is 17.7 Å². The first-order valence-electron chi connectivity index (χ1n) is 18.1. The lowest BCUT2D eigenvalue weighted by Crippen LogP contribution is -2.54. The van der Waals surface area contributed by atoms with Crippen LogP contribution in [0.15, 0.2) is 72.8 Å². The Labute approximate surface area is 285 Å². The van der Waals surface area contributed by atoms with Gasteiger partial charge < -0.3 is 27.0 Å². The molecule has 3 amide bonds. The highest BCUT2D eigenvalue weighted by Gasteiger charge is 2.51. The van der Waals surface area contributed by atoms with Crippen LogP contribution < -0.4 is 22.1 Å². The van der Waals surface area contributed by atoms with E-state index < -0.39 is 12.1 Å². The van der Waals surface area contributed by atoms with E-state index in [9.17, 15) is 14.4 Å². The van der Waals surface area contributed by atoms with Gasteiger partial charge in [0.05, 0.1) is 18.6 Å². The van der Waals surface area contributed by atoms with E-state index in [1.807, 2.05) is 54.6 Å².